The van der Waals surface area contributed by atoms with Crippen LogP contribution in [0.2, 0.25) is 0 Å². The number of rotatable bonds is 2. The van der Waals surface area contributed by atoms with E-state index in [0.29, 0.717) is 5.92 Å². The lowest BCUT2D eigenvalue weighted by Crippen LogP contribution is -2.38. The summed E-state index contributed by atoms with van der Waals surface area (Å²) in [7, 11) is 7.73. The van der Waals surface area contributed by atoms with Crippen LogP contribution in [0.25, 0.3) is 10.9 Å². The van der Waals surface area contributed by atoms with Gasteiger partial charge in [0.2, 0.25) is 0 Å². The van der Waals surface area contributed by atoms with Gasteiger partial charge in [0.05, 0.1) is 19.4 Å². The summed E-state index contributed by atoms with van der Waals surface area (Å²) in [5.41, 5.74) is 5.29. The molecular formula is C28H40N2O2. The molecule has 3 aromatic rings. The molecule has 1 aromatic heterocycles. The van der Waals surface area contributed by atoms with Crippen LogP contribution in [-0.4, -0.2) is 44.7 Å². The predicted octanol–water partition coefficient (Wildman–Crippen LogP) is 6.51. The number of hydrogen-bond acceptors (Lipinski definition) is 3. The van der Waals surface area contributed by atoms with Gasteiger partial charge < -0.3 is 19.4 Å². The molecule has 0 bridgehead atoms. The van der Waals surface area contributed by atoms with E-state index in [1.807, 2.05) is 46.0 Å². The molecule has 0 saturated heterocycles. The minimum absolute atomic E-state index is 0.134. The van der Waals surface area contributed by atoms with Gasteiger partial charge in [-0.2, -0.15) is 0 Å². The second kappa shape index (κ2) is 11.0. The van der Waals surface area contributed by atoms with E-state index in [0.717, 1.165) is 31.6 Å². The summed E-state index contributed by atoms with van der Waals surface area (Å²) < 4.78 is 11.9. The van der Waals surface area contributed by atoms with Crippen molar-refractivity contribution in [1.82, 2.24) is 9.88 Å². The maximum atomic E-state index is 6.44. The summed E-state index contributed by atoms with van der Waals surface area (Å²) in [5, 5.41) is 1.30. The lowest BCUT2D eigenvalue weighted by Gasteiger charge is -2.42. The SMILES string of the molecule is CC.CN(C)C.COc1ccc2[nH]c3c(c2c1)CCOC31CCC(c2ccccc2)CC1. The Labute approximate surface area is 193 Å². The van der Waals surface area contributed by atoms with E-state index in [9.17, 15) is 0 Å². The zero-order valence-corrected chi connectivity index (χ0v) is 20.7. The van der Waals surface area contributed by atoms with Crippen LogP contribution in [0.1, 0.15) is 62.3 Å². The predicted molar refractivity (Wildman–Crippen MR) is 135 cm³/mol. The van der Waals surface area contributed by atoms with Crippen LogP contribution in [-0.2, 0) is 16.8 Å². The van der Waals surface area contributed by atoms with E-state index in [4.69, 9.17) is 9.47 Å². The van der Waals surface area contributed by atoms with Gasteiger partial charge in [-0.25, -0.2) is 0 Å². The minimum Gasteiger partial charge on any atom is -0.497 e. The van der Waals surface area contributed by atoms with Crippen LogP contribution in [0.3, 0.4) is 0 Å². The number of ether oxygens (including phenoxy) is 2. The average molecular weight is 437 g/mol. The fraction of sp³-hybridized carbons (Fsp3) is 0.500. The quantitative estimate of drug-likeness (QED) is 0.498. The fourth-order valence-corrected chi connectivity index (χ4v) is 4.96. The lowest BCUT2D eigenvalue weighted by atomic mass is 9.73. The van der Waals surface area contributed by atoms with Crippen molar-refractivity contribution in [2.24, 2.45) is 0 Å². The van der Waals surface area contributed by atoms with Crippen LogP contribution in [0, 0.1) is 0 Å². The molecule has 0 unspecified atom stereocenters. The largest absolute Gasteiger partial charge is 0.497 e. The first-order valence-electron chi connectivity index (χ1n) is 12.0. The third kappa shape index (κ3) is 5.19. The molecule has 2 aliphatic rings. The number of nitrogens with zero attached hydrogens (tertiary/aromatic N) is 1. The topological polar surface area (TPSA) is 37.5 Å². The molecule has 1 saturated carbocycles. The average Bonchev–Trinajstić information content (AvgIpc) is 3.21. The summed E-state index contributed by atoms with van der Waals surface area (Å²) in [6.07, 6.45) is 5.52. The Morgan fingerprint density at radius 1 is 1.00 bits per heavy atom. The Morgan fingerprint density at radius 3 is 2.28 bits per heavy atom. The molecular weight excluding hydrogens is 396 g/mol. The molecule has 2 heterocycles. The molecule has 1 spiro atoms. The second-order valence-electron chi connectivity index (χ2n) is 9.01. The maximum absolute atomic E-state index is 6.44. The van der Waals surface area contributed by atoms with Gasteiger partial charge in [0.1, 0.15) is 11.4 Å². The first kappa shape index (κ1) is 24.3. The number of benzene rings is 2. The molecule has 174 valence electrons. The van der Waals surface area contributed by atoms with E-state index in [1.54, 1.807) is 7.11 Å². The molecule has 4 heteroatoms. The number of nitrogens with one attached hydrogen (secondary N) is 1. The first-order valence-corrected chi connectivity index (χ1v) is 12.0. The van der Waals surface area contributed by atoms with Crippen molar-refractivity contribution in [3.63, 3.8) is 0 Å². The summed E-state index contributed by atoms with van der Waals surface area (Å²) >= 11 is 0. The molecule has 32 heavy (non-hydrogen) atoms. The van der Waals surface area contributed by atoms with E-state index >= 15 is 0 Å². The van der Waals surface area contributed by atoms with Gasteiger partial charge in [-0.3, -0.25) is 0 Å². The summed E-state index contributed by atoms with van der Waals surface area (Å²) in [6.45, 7) is 4.81. The number of aromatic nitrogens is 1. The maximum Gasteiger partial charge on any atom is 0.119 e. The molecule has 1 fully saturated rings. The van der Waals surface area contributed by atoms with Crippen molar-refractivity contribution in [2.75, 3.05) is 34.9 Å². The zero-order valence-electron chi connectivity index (χ0n) is 20.7. The molecule has 1 aliphatic carbocycles. The van der Waals surface area contributed by atoms with Crippen LogP contribution in [0.5, 0.6) is 5.75 Å². The first-order chi connectivity index (χ1) is 15.5. The molecule has 0 amide bonds. The molecule has 2 aromatic carbocycles. The standard InChI is InChI=1S/C23H25NO2.C3H9N.C2H6/c1-25-18-7-8-21-20(15-18)19-11-14-26-23(22(19)24-21)12-9-17(10-13-23)16-5-3-2-4-6-16;1-4(2)3;1-2/h2-8,15,17,24H,9-14H2,1H3;1-3H3;1-2H3. The number of aromatic amines is 1. The van der Waals surface area contributed by atoms with Gasteiger partial charge in [-0.15, -0.1) is 0 Å². The van der Waals surface area contributed by atoms with Crippen molar-refractivity contribution >= 4 is 10.9 Å². The Kier molecular flexibility index (Phi) is 8.38. The van der Waals surface area contributed by atoms with Crippen LogP contribution in [0.15, 0.2) is 48.5 Å². The van der Waals surface area contributed by atoms with Gasteiger partial charge in [-0.05, 0) is 88.5 Å². The summed E-state index contributed by atoms with van der Waals surface area (Å²) in [5.74, 6) is 1.58. The van der Waals surface area contributed by atoms with E-state index < -0.39 is 0 Å². The van der Waals surface area contributed by atoms with E-state index in [1.165, 1.54) is 40.6 Å². The molecule has 1 N–H and O–H groups in total. The van der Waals surface area contributed by atoms with Crippen molar-refractivity contribution in [2.45, 2.75) is 57.5 Å². The molecule has 4 nitrogen and oxygen atoms in total. The molecule has 5 rings (SSSR count). The van der Waals surface area contributed by atoms with Gasteiger partial charge in [0.15, 0.2) is 0 Å². The second-order valence-corrected chi connectivity index (χ2v) is 9.01. The van der Waals surface area contributed by atoms with Gasteiger partial charge in [0, 0.05) is 10.9 Å². The number of hydrogen-bond donors (Lipinski definition) is 1. The third-order valence-corrected chi connectivity index (χ3v) is 6.36. The van der Waals surface area contributed by atoms with E-state index in [-0.39, 0.29) is 5.60 Å². The Balaban J connectivity index is 0.000000437. The molecule has 1 aliphatic heterocycles. The monoisotopic (exact) mass is 436 g/mol. The number of methoxy groups -OCH3 is 1. The van der Waals surface area contributed by atoms with Crippen molar-refractivity contribution in [3.05, 3.63) is 65.4 Å². The number of fused-ring (bicyclic) bond motifs is 4. The van der Waals surface area contributed by atoms with Crippen LogP contribution in [0.4, 0.5) is 0 Å². The Morgan fingerprint density at radius 2 is 1.66 bits per heavy atom. The highest BCUT2D eigenvalue weighted by Gasteiger charge is 2.43. The van der Waals surface area contributed by atoms with Gasteiger partial charge in [-0.1, -0.05) is 44.2 Å². The Bertz CT molecular complexity index is 967. The van der Waals surface area contributed by atoms with E-state index in [2.05, 4.69) is 47.4 Å². The van der Waals surface area contributed by atoms with Gasteiger partial charge in [0.25, 0.3) is 0 Å². The highest BCUT2D eigenvalue weighted by atomic mass is 16.5. The smallest absolute Gasteiger partial charge is 0.119 e. The van der Waals surface area contributed by atoms with Gasteiger partial charge >= 0.3 is 0 Å². The summed E-state index contributed by atoms with van der Waals surface area (Å²) in [4.78, 5) is 5.70. The normalized spacial score (nSPS) is 21.9. The van der Waals surface area contributed by atoms with Crippen molar-refractivity contribution < 1.29 is 9.47 Å². The zero-order chi connectivity index (χ0) is 23.1. The van der Waals surface area contributed by atoms with Crippen LogP contribution < -0.4 is 4.74 Å². The van der Waals surface area contributed by atoms with Crippen molar-refractivity contribution in [3.8, 4) is 5.75 Å². The molecule has 0 atom stereocenters. The minimum atomic E-state index is -0.134. The highest BCUT2D eigenvalue weighted by molar-refractivity contribution is 5.86. The molecule has 0 radical (unpaired) electrons. The third-order valence-electron chi connectivity index (χ3n) is 6.36. The highest BCUT2D eigenvalue weighted by Crippen LogP contribution is 2.49. The summed E-state index contributed by atoms with van der Waals surface area (Å²) in [6, 6.07) is 17.3. The van der Waals surface area contributed by atoms with Crippen LogP contribution >= 0.6 is 0 Å². The number of H-pyrrole nitrogens is 1. The Hall–Kier alpha value is -2.30. The lowest BCUT2D eigenvalue weighted by molar-refractivity contribution is -0.0900. The fourth-order valence-electron chi connectivity index (χ4n) is 4.96. The van der Waals surface area contributed by atoms with Crippen molar-refractivity contribution in [1.29, 1.82) is 0 Å².